The molecule has 2 heterocycles. The lowest BCUT2D eigenvalue weighted by molar-refractivity contribution is 0.0951. The molecule has 0 radical (unpaired) electrons. The van der Waals surface area contributed by atoms with E-state index in [0.29, 0.717) is 17.4 Å². The van der Waals surface area contributed by atoms with Crippen LogP contribution in [0.3, 0.4) is 0 Å². The van der Waals surface area contributed by atoms with E-state index in [-0.39, 0.29) is 12.5 Å². The number of nitrogens with zero attached hydrogens (tertiary/aromatic N) is 3. The summed E-state index contributed by atoms with van der Waals surface area (Å²) in [4.78, 5) is 17.2. The molecule has 0 atom stereocenters. The zero-order chi connectivity index (χ0) is 22.2. The van der Waals surface area contributed by atoms with Crippen LogP contribution >= 0.6 is 0 Å². The van der Waals surface area contributed by atoms with Crippen molar-refractivity contribution >= 4 is 11.7 Å². The van der Waals surface area contributed by atoms with E-state index in [0.717, 1.165) is 40.7 Å². The Morgan fingerprint density at radius 2 is 1.97 bits per heavy atom. The maximum Gasteiger partial charge on any atom is 0.251 e. The van der Waals surface area contributed by atoms with E-state index in [4.69, 9.17) is 0 Å². The minimum Gasteiger partial charge on any atom is -0.394 e. The van der Waals surface area contributed by atoms with E-state index < -0.39 is 5.54 Å². The second-order valence-corrected chi connectivity index (χ2v) is 8.97. The molecule has 3 aromatic rings. The van der Waals surface area contributed by atoms with Gasteiger partial charge in [0.05, 0.1) is 18.3 Å². The molecule has 1 amide bonds. The largest absolute Gasteiger partial charge is 0.394 e. The predicted molar refractivity (Wildman–Crippen MR) is 122 cm³/mol. The highest BCUT2D eigenvalue weighted by Gasteiger charge is 2.24. The molecule has 0 saturated heterocycles. The van der Waals surface area contributed by atoms with Crippen LogP contribution < -0.4 is 10.6 Å². The lowest BCUT2D eigenvalue weighted by atomic mass is 9.96. The standard InChI is InChI=1S/C24H29N5O2/c1-15-5-6-16(23(31)27-19-7-8-19)9-20(15)17-10-21(18-12-26-29(4)13-18)22(25-11-17)28-24(2,3)14-30/h5-6,9-13,19,30H,7-8,14H2,1-4H3,(H,25,28)(H,27,31). The fourth-order valence-corrected chi connectivity index (χ4v) is 3.42. The zero-order valence-corrected chi connectivity index (χ0v) is 18.4. The molecular weight excluding hydrogens is 390 g/mol. The van der Waals surface area contributed by atoms with Crippen molar-refractivity contribution in [2.24, 2.45) is 7.05 Å². The zero-order valence-electron chi connectivity index (χ0n) is 18.4. The summed E-state index contributed by atoms with van der Waals surface area (Å²) in [5.74, 6) is 0.642. The van der Waals surface area contributed by atoms with Crippen LogP contribution in [0.1, 0.15) is 42.6 Å². The van der Waals surface area contributed by atoms with E-state index in [2.05, 4.69) is 26.8 Å². The third-order valence-electron chi connectivity index (χ3n) is 5.48. The van der Waals surface area contributed by atoms with Gasteiger partial charge in [-0.05, 0) is 62.9 Å². The molecule has 162 valence electrons. The molecule has 0 spiro atoms. The number of amides is 1. The number of carbonyl (C=O) groups excluding carboxylic acids is 1. The first-order valence-corrected chi connectivity index (χ1v) is 10.6. The molecule has 0 unspecified atom stereocenters. The number of aliphatic hydroxyl groups is 1. The van der Waals surface area contributed by atoms with Crippen LogP contribution in [0.25, 0.3) is 22.3 Å². The summed E-state index contributed by atoms with van der Waals surface area (Å²) in [6.45, 7) is 5.84. The van der Waals surface area contributed by atoms with Crippen LogP contribution in [0.2, 0.25) is 0 Å². The molecule has 31 heavy (non-hydrogen) atoms. The van der Waals surface area contributed by atoms with Crippen molar-refractivity contribution in [1.82, 2.24) is 20.1 Å². The lowest BCUT2D eigenvalue weighted by Crippen LogP contribution is -2.35. The summed E-state index contributed by atoms with van der Waals surface area (Å²) in [6, 6.07) is 8.15. The minimum absolute atomic E-state index is 0.0276. The van der Waals surface area contributed by atoms with Gasteiger partial charge in [-0.1, -0.05) is 6.07 Å². The SMILES string of the molecule is Cc1ccc(C(=O)NC2CC2)cc1-c1cnc(NC(C)(C)CO)c(-c2cnn(C)c2)c1. The van der Waals surface area contributed by atoms with Crippen LogP contribution in [0, 0.1) is 6.92 Å². The Hall–Kier alpha value is -3.19. The number of pyridine rings is 1. The van der Waals surface area contributed by atoms with Crippen molar-refractivity contribution in [3.8, 4) is 22.3 Å². The highest BCUT2D eigenvalue weighted by molar-refractivity contribution is 5.96. The van der Waals surface area contributed by atoms with Crippen molar-refractivity contribution in [3.05, 3.63) is 54.0 Å². The number of aromatic nitrogens is 3. The van der Waals surface area contributed by atoms with Crippen molar-refractivity contribution in [2.45, 2.75) is 45.2 Å². The predicted octanol–water partition coefficient (Wildman–Crippen LogP) is 3.53. The van der Waals surface area contributed by atoms with E-state index in [1.807, 2.05) is 52.2 Å². The van der Waals surface area contributed by atoms with Gasteiger partial charge in [0.25, 0.3) is 5.91 Å². The van der Waals surface area contributed by atoms with Gasteiger partial charge in [-0.25, -0.2) is 4.98 Å². The van der Waals surface area contributed by atoms with Gasteiger partial charge in [-0.15, -0.1) is 0 Å². The summed E-state index contributed by atoms with van der Waals surface area (Å²) in [7, 11) is 1.87. The third kappa shape index (κ3) is 4.77. The topological polar surface area (TPSA) is 92.1 Å². The van der Waals surface area contributed by atoms with E-state index >= 15 is 0 Å². The Balaban J connectivity index is 1.76. The van der Waals surface area contributed by atoms with Gasteiger partial charge in [0.15, 0.2) is 0 Å². The Kier molecular flexibility index (Phi) is 5.54. The van der Waals surface area contributed by atoms with Crippen LogP contribution in [0.4, 0.5) is 5.82 Å². The van der Waals surface area contributed by atoms with Crippen LogP contribution in [0.5, 0.6) is 0 Å². The van der Waals surface area contributed by atoms with E-state index in [9.17, 15) is 9.90 Å². The molecule has 4 rings (SSSR count). The monoisotopic (exact) mass is 419 g/mol. The normalized spacial score (nSPS) is 13.8. The molecule has 1 aliphatic carbocycles. The van der Waals surface area contributed by atoms with Crippen molar-refractivity contribution in [1.29, 1.82) is 0 Å². The maximum atomic E-state index is 12.6. The quantitative estimate of drug-likeness (QED) is 0.545. The Labute approximate surface area is 182 Å². The number of carbonyl (C=O) groups is 1. The first-order valence-electron chi connectivity index (χ1n) is 10.6. The summed E-state index contributed by atoms with van der Waals surface area (Å²) in [5.41, 5.74) is 4.89. The number of nitrogens with one attached hydrogen (secondary N) is 2. The van der Waals surface area contributed by atoms with Crippen molar-refractivity contribution in [3.63, 3.8) is 0 Å². The fraction of sp³-hybridized carbons (Fsp3) is 0.375. The van der Waals surface area contributed by atoms with E-state index in [1.54, 1.807) is 17.1 Å². The molecule has 7 nitrogen and oxygen atoms in total. The fourth-order valence-electron chi connectivity index (χ4n) is 3.42. The molecule has 7 heteroatoms. The maximum absolute atomic E-state index is 12.6. The van der Waals surface area contributed by atoms with Crippen LogP contribution in [-0.2, 0) is 7.05 Å². The number of rotatable bonds is 7. The third-order valence-corrected chi connectivity index (χ3v) is 5.48. The van der Waals surface area contributed by atoms with Gasteiger partial charge in [-0.2, -0.15) is 5.10 Å². The summed E-state index contributed by atoms with van der Waals surface area (Å²) < 4.78 is 1.75. The van der Waals surface area contributed by atoms with Crippen LogP contribution in [0.15, 0.2) is 42.9 Å². The average molecular weight is 420 g/mol. The highest BCUT2D eigenvalue weighted by Crippen LogP contribution is 2.34. The molecule has 1 fully saturated rings. The van der Waals surface area contributed by atoms with Crippen LogP contribution in [-0.4, -0.2) is 44.0 Å². The van der Waals surface area contributed by atoms with Gasteiger partial charge >= 0.3 is 0 Å². The molecule has 1 saturated carbocycles. The van der Waals surface area contributed by atoms with Crippen molar-refractivity contribution in [2.75, 3.05) is 11.9 Å². The number of hydrogen-bond donors (Lipinski definition) is 3. The average Bonchev–Trinajstić information content (AvgIpc) is 3.45. The van der Waals surface area contributed by atoms with Gasteiger partial charge in [0, 0.05) is 47.7 Å². The van der Waals surface area contributed by atoms with Gasteiger partial charge in [0.2, 0.25) is 0 Å². The Bertz CT molecular complexity index is 1110. The van der Waals surface area contributed by atoms with Crippen molar-refractivity contribution < 1.29 is 9.90 Å². The summed E-state index contributed by atoms with van der Waals surface area (Å²) in [6.07, 6.45) is 7.65. The number of anilines is 1. The molecule has 1 aromatic carbocycles. The van der Waals surface area contributed by atoms with Gasteiger partial charge in [-0.3, -0.25) is 9.48 Å². The Morgan fingerprint density at radius 3 is 2.61 bits per heavy atom. The number of hydrogen-bond acceptors (Lipinski definition) is 5. The highest BCUT2D eigenvalue weighted by atomic mass is 16.3. The molecule has 3 N–H and O–H groups in total. The smallest absolute Gasteiger partial charge is 0.251 e. The lowest BCUT2D eigenvalue weighted by Gasteiger charge is -2.26. The summed E-state index contributed by atoms with van der Waals surface area (Å²) >= 11 is 0. The first kappa shape index (κ1) is 21.1. The summed E-state index contributed by atoms with van der Waals surface area (Å²) in [5, 5.41) is 20.4. The molecular formula is C24H29N5O2. The van der Waals surface area contributed by atoms with E-state index in [1.165, 1.54) is 0 Å². The number of benzene rings is 1. The minimum atomic E-state index is -0.526. The number of aliphatic hydroxyl groups excluding tert-OH is 1. The molecule has 0 aliphatic heterocycles. The van der Waals surface area contributed by atoms with Gasteiger partial charge in [0.1, 0.15) is 5.82 Å². The van der Waals surface area contributed by atoms with Gasteiger partial charge < -0.3 is 15.7 Å². The second kappa shape index (κ2) is 8.15. The molecule has 1 aliphatic rings. The molecule has 2 aromatic heterocycles. The molecule has 0 bridgehead atoms. The number of aryl methyl sites for hydroxylation is 2. The first-order chi connectivity index (χ1) is 14.8. The Morgan fingerprint density at radius 1 is 1.19 bits per heavy atom. The second-order valence-electron chi connectivity index (χ2n) is 8.97.